The van der Waals surface area contributed by atoms with Crippen LogP contribution in [0.5, 0.6) is 11.5 Å². The van der Waals surface area contributed by atoms with Crippen LogP contribution in [0.25, 0.3) is 0 Å². The SMILES string of the molecule is Cc1ccc(COCCc2ccc3c(c2)OCCOCCOCCOCCOCCO3)cc1. The van der Waals surface area contributed by atoms with E-state index >= 15 is 0 Å². The zero-order valence-electron chi connectivity index (χ0n) is 19.6. The minimum Gasteiger partial charge on any atom is -0.487 e. The zero-order chi connectivity index (χ0) is 23.0. The van der Waals surface area contributed by atoms with Gasteiger partial charge in [0.25, 0.3) is 0 Å². The van der Waals surface area contributed by atoms with Crippen molar-refractivity contribution in [2.24, 2.45) is 0 Å². The molecule has 0 atom stereocenters. The molecule has 1 aliphatic rings. The first-order chi connectivity index (χ1) is 16.3. The maximum absolute atomic E-state index is 5.97. The summed E-state index contributed by atoms with van der Waals surface area (Å²) in [7, 11) is 0. The lowest BCUT2D eigenvalue weighted by Gasteiger charge is -2.15. The highest BCUT2D eigenvalue weighted by molar-refractivity contribution is 5.43. The van der Waals surface area contributed by atoms with E-state index in [2.05, 4.69) is 31.2 Å². The van der Waals surface area contributed by atoms with Crippen molar-refractivity contribution in [1.29, 1.82) is 0 Å². The van der Waals surface area contributed by atoms with E-state index in [4.69, 9.17) is 33.2 Å². The second kappa shape index (κ2) is 15.6. The Morgan fingerprint density at radius 3 is 1.73 bits per heavy atom. The average molecular weight is 461 g/mol. The molecule has 0 saturated heterocycles. The number of rotatable bonds is 5. The number of ether oxygens (including phenoxy) is 7. The van der Waals surface area contributed by atoms with Gasteiger partial charge in [0.05, 0.1) is 66.1 Å². The van der Waals surface area contributed by atoms with Crippen LogP contribution in [0.1, 0.15) is 16.7 Å². The standard InChI is InChI=1S/C26H36O7/c1-22-2-4-24(5-3-22)21-31-9-8-23-6-7-25-26(20-23)33-19-17-30-15-13-28-11-10-27-12-14-29-16-18-32-25/h2-7,20H,8-19,21H2,1H3. The third kappa shape index (κ3) is 10.5. The van der Waals surface area contributed by atoms with Gasteiger partial charge in [0, 0.05) is 0 Å². The van der Waals surface area contributed by atoms with Crippen LogP contribution in [0.15, 0.2) is 42.5 Å². The lowest BCUT2D eigenvalue weighted by atomic mass is 10.1. The summed E-state index contributed by atoms with van der Waals surface area (Å²) in [4.78, 5) is 0. The molecule has 0 N–H and O–H groups in total. The molecule has 7 nitrogen and oxygen atoms in total. The van der Waals surface area contributed by atoms with Crippen molar-refractivity contribution in [2.45, 2.75) is 20.0 Å². The maximum atomic E-state index is 5.97. The van der Waals surface area contributed by atoms with Crippen LogP contribution in [-0.4, -0.2) is 72.7 Å². The summed E-state index contributed by atoms with van der Waals surface area (Å²) < 4.78 is 39.8. The lowest BCUT2D eigenvalue weighted by molar-refractivity contribution is -0.00842. The second-order valence-electron chi connectivity index (χ2n) is 7.72. The van der Waals surface area contributed by atoms with Gasteiger partial charge in [-0.1, -0.05) is 35.9 Å². The van der Waals surface area contributed by atoms with Crippen LogP contribution in [0.2, 0.25) is 0 Å². The smallest absolute Gasteiger partial charge is 0.161 e. The Bertz CT molecular complexity index is 779. The number of hydrogen-bond donors (Lipinski definition) is 0. The predicted octanol–water partition coefficient (Wildman–Crippen LogP) is 3.59. The van der Waals surface area contributed by atoms with E-state index in [1.54, 1.807) is 0 Å². The van der Waals surface area contributed by atoms with Gasteiger partial charge in [-0.2, -0.15) is 0 Å². The molecule has 0 aromatic heterocycles. The largest absolute Gasteiger partial charge is 0.487 e. The van der Waals surface area contributed by atoms with Gasteiger partial charge in [-0.3, -0.25) is 0 Å². The van der Waals surface area contributed by atoms with E-state index in [1.807, 2.05) is 18.2 Å². The molecule has 1 heterocycles. The molecular formula is C26H36O7. The van der Waals surface area contributed by atoms with Gasteiger partial charge >= 0.3 is 0 Å². The van der Waals surface area contributed by atoms with Crippen molar-refractivity contribution >= 4 is 0 Å². The summed E-state index contributed by atoms with van der Waals surface area (Å²) in [6.07, 6.45) is 0.791. The van der Waals surface area contributed by atoms with Crippen LogP contribution in [0.3, 0.4) is 0 Å². The summed E-state index contributed by atoms with van der Waals surface area (Å²) in [6, 6.07) is 14.4. The molecule has 7 heteroatoms. The van der Waals surface area contributed by atoms with E-state index < -0.39 is 0 Å². The topological polar surface area (TPSA) is 64.6 Å². The Kier molecular flexibility index (Phi) is 12.1. The monoisotopic (exact) mass is 460 g/mol. The molecule has 0 radical (unpaired) electrons. The molecule has 2 aromatic rings. The van der Waals surface area contributed by atoms with Crippen LogP contribution < -0.4 is 9.47 Å². The van der Waals surface area contributed by atoms with Crippen LogP contribution in [-0.2, 0) is 36.7 Å². The Morgan fingerprint density at radius 2 is 1.12 bits per heavy atom. The average Bonchev–Trinajstić information content (AvgIpc) is 2.83. The molecule has 1 aliphatic heterocycles. The molecule has 0 aliphatic carbocycles. The number of aryl methyl sites for hydroxylation is 1. The molecule has 0 spiro atoms. The molecule has 0 amide bonds. The highest BCUT2D eigenvalue weighted by atomic mass is 16.6. The van der Waals surface area contributed by atoms with Crippen molar-refractivity contribution < 1.29 is 33.2 Å². The Labute approximate surface area is 196 Å². The first-order valence-electron chi connectivity index (χ1n) is 11.6. The summed E-state index contributed by atoms with van der Waals surface area (Å²) in [5.41, 5.74) is 3.56. The highest BCUT2D eigenvalue weighted by Gasteiger charge is 2.08. The summed E-state index contributed by atoms with van der Waals surface area (Å²) in [5.74, 6) is 1.40. The van der Waals surface area contributed by atoms with Crippen molar-refractivity contribution in [1.82, 2.24) is 0 Å². The van der Waals surface area contributed by atoms with Crippen molar-refractivity contribution in [3.8, 4) is 11.5 Å². The molecule has 0 saturated carbocycles. The summed E-state index contributed by atoms with van der Waals surface area (Å²) >= 11 is 0. The molecule has 33 heavy (non-hydrogen) atoms. The van der Waals surface area contributed by atoms with Gasteiger partial charge < -0.3 is 33.2 Å². The molecule has 0 unspecified atom stereocenters. The van der Waals surface area contributed by atoms with E-state index in [1.165, 1.54) is 11.1 Å². The fourth-order valence-corrected chi connectivity index (χ4v) is 3.19. The van der Waals surface area contributed by atoms with Gasteiger partial charge in [0.15, 0.2) is 11.5 Å². The van der Waals surface area contributed by atoms with E-state index in [-0.39, 0.29) is 0 Å². The summed E-state index contributed by atoms with van der Waals surface area (Å²) in [6.45, 7) is 8.38. The minimum atomic E-state index is 0.434. The molecule has 182 valence electrons. The number of benzene rings is 2. The van der Waals surface area contributed by atoms with E-state index in [0.717, 1.165) is 12.0 Å². The molecular weight excluding hydrogens is 424 g/mol. The Balaban J connectivity index is 1.49. The third-order valence-electron chi connectivity index (χ3n) is 5.02. The minimum absolute atomic E-state index is 0.434. The maximum Gasteiger partial charge on any atom is 0.161 e. The molecule has 0 bridgehead atoms. The van der Waals surface area contributed by atoms with Crippen molar-refractivity contribution in [3.05, 3.63) is 59.2 Å². The zero-order valence-corrected chi connectivity index (χ0v) is 19.6. The second-order valence-corrected chi connectivity index (χ2v) is 7.72. The van der Waals surface area contributed by atoms with E-state index in [9.17, 15) is 0 Å². The van der Waals surface area contributed by atoms with E-state index in [0.29, 0.717) is 90.8 Å². The van der Waals surface area contributed by atoms with Crippen molar-refractivity contribution in [3.63, 3.8) is 0 Å². The first kappa shape index (κ1) is 25.5. The Hall–Kier alpha value is -2.16. The van der Waals surface area contributed by atoms with Gasteiger partial charge in [-0.05, 0) is 36.6 Å². The lowest BCUT2D eigenvalue weighted by Crippen LogP contribution is -2.16. The van der Waals surface area contributed by atoms with Gasteiger partial charge in [0.1, 0.15) is 13.2 Å². The summed E-state index contributed by atoms with van der Waals surface area (Å²) in [5, 5.41) is 0. The predicted molar refractivity (Wildman–Crippen MR) is 125 cm³/mol. The fraction of sp³-hybridized carbons (Fsp3) is 0.538. The van der Waals surface area contributed by atoms with Gasteiger partial charge in [-0.15, -0.1) is 0 Å². The number of fused-ring (bicyclic) bond motifs is 1. The fourth-order valence-electron chi connectivity index (χ4n) is 3.19. The van der Waals surface area contributed by atoms with Gasteiger partial charge in [0.2, 0.25) is 0 Å². The quantitative estimate of drug-likeness (QED) is 0.632. The third-order valence-corrected chi connectivity index (χ3v) is 5.02. The van der Waals surface area contributed by atoms with Gasteiger partial charge in [-0.25, -0.2) is 0 Å². The molecule has 3 rings (SSSR count). The van der Waals surface area contributed by atoms with Crippen molar-refractivity contribution in [2.75, 3.05) is 72.7 Å². The number of hydrogen-bond acceptors (Lipinski definition) is 7. The molecule has 0 fully saturated rings. The van der Waals surface area contributed by atoms with Crippen LogP contribution in [0.4, 0.5) is 0 Å². The molecule has 2 aromatic carbocycles. The van der Waals surface area contributed by atoms with Crippen LogP contribution >= 0.6 is 0 Å². The first-order valence-corrected chi connectivity index (χ1v) is 11.6. The highest BCUT2D eigenvalue weighted by Crippen LogP contribution is 2.29. The normalized spacial score (nSPS) is 17.1. The Morgan fingerprint density at radius 1 is 0.606 bits per heavy atom. The van der Waals surface area contributed by atoms with Crippen LogP contribution in [0, 0.1) is 6.92 Å².